The van der Waals surface area contributed by atoms with Crippen LogP contribution in [0.5, 0.6) is 11.5 Å². The normalized spacial score (nSPS) is 9.88. The number of rotatable bonds is 7. The summed E-state index contributed by atoms with van der Waals surface area (Å²) in [5.41, 5.74) is 7.53. The number of ether oxygens (including phenoxy) is 2. The van der Waals surface area contributed by atoms with Crippen molar-refractivity contribution in [3.05, 3.63) is 52.5 Å². The minimum Gasteiger partial charge on any atom is -0.496 e. The maximum Gasteiger partial charge on any atom is 0.255 e. The van der Waals surface area contributed by atoms with Crippen molar-refractivity contribution in [2.45, 2.75) is 13.3 Å². The van der Waals surface area contributed by atoms with E-state index in [2.05, 4.69) is 5.32 Å². The maximum atomic E-state index is 12.2. The molecule has 0 aliphatic rings. The van der Waals surface area contributed by atoms with E-state index in [0.29, 0.717) is 41.6 Å². The molecule has 0 aliphatic carbocycles. The fourth-order valence-corrected chi connectivity index (χ4v) is 2.35. The van der Waals surface area contributed by atoms with Gasteiger partial charge in [0.1, 0.15) is 11.5 Å². The standard InChI is InChI=1S/C18H21ClN2O3.ClH/c1-12-6-3-4-7-16(12)24-9-5-8-21-18(22)13-10-14(19)15(20)11-17(13)23-2;/h3-4,6-7,10-11H,5,8-9,20H2,1-2H3,(H,21,22);1H. The van der Waals surface area contributed by atoms with E-state index in [1.807, 2.05) is 31.2 Å². The Bertz CT molecular complexity index is 723. The second-order valence-electron chi connectivity index (χ2n) is 5.30. The number of halogens is 2. The summed E-state index contributed by atoms with van der Waals surface area (Å²) in [6.45, 7) is 2.99. The van der Waals surface area contributed by atoms with E-state index in [1.54, 1.807) is 6.07 Å². The molecule has 3 N–H and O–H groups in total. The summed E-state index contributed by atoms with van der Waals surface area (Å²) >= 11 is 5.97. The number of carbonyl (C=O) groups excluding carboxylic acids is 1. The van der Waals surface area contributed by atoms with Crippen LogP contribution in [0.1, 0.15) is 22.3 Å². The van der Waals surface area contributed by atoms with Gasteiger partial charge in [0.25, 0.3) is 5.91 Å². The number of aryl methyl sites for hydroxylation is 1. The summed E-state index contributed by atoms with van der Waals surface area (Å²) < 4.78 is 10.9. The molecule has 0 fully saturated rings. The molecule has 136 valence electrons. The number of anilines is 1. The van der Waals surface area contributed by atoms with Gasteiger partial charge in [-0.25, -0.2) is 0 Å². The number of hydrogen-bond donors (Lipinski definition) is 2. The van der Waals surface area contributed by atoms with Gasteiger partial charge in [-0.15, -0.1) is 12.4 Å². The summed E-state index contributed by atoms with van der Waals surface area (Å²) in [4.78, 5) is 12.2. The Morgan fingerprint density at radius 1 is 1.24 bits per heavy atom. The Labute approximate surface area is 158 Å². The van der Waals surface area contributed by atoms with Gasteiger partial charge in [-0.3, -0.25) is 4.79 Å². The number of benzene rings is 2. The molecule has 7 heteroatoms. The number of para-hydroxylation sites is 1. The number of carbonyl (C=O) groups is 1. The molecule has 2 rings (SSSR count). The van der Waals surface area contributed by atoms with E-state index in [-0.39, 0.29) is 18.3 Å². The molecule has 0 aromatic heterocycles. The highest BCUT2D eigenvalue weighted by Gasteiger charge is 2.14. The molecule has 25 heavy (non-hydrogen) atoms. The average molecular weight is 385 g/mol. The smallest absolute Gasteiger partial charge is 0.255 e. The van der Waals surface area contributed by atoms with Gasteiger partial charge >= 0.3 is 0 Å². The SMILES string of the molecule is COc1cc(N)c(Cl)cc1C(=O)NCCCOc1ccccc1C.Cl. The molecule has 2 aromatic rings. The molecular formula is C18H22Cl2N2O3. The van der Waals surface area contributed by atoms with Gasteiger partial charge in [-0.05, 0) is 31.0 Å². The highest BCUT2D eigenvalue weighted by Crippen LogP contribution is 2.28. The minimum atomic E-state index is -0.260. The predicted molar refractivity (Wildman–Crippen MR) is 103 cm³/mol. The largest absolute Gasteiger partial charge is 0.496 e. The fourth-order valence-electron chi connectivity index (χ4n) is 2.19. The number of methoxy groups -OCH3 is 1. The van der Waals surface area contributed by atoms with Crippen molar-refractivity contribution < 1.29 is 14.3 Å². The molecule has 0 spiro atoms. The molecule has 2 aromatic carbocycles. The summed E-state index contributed by atoms with van der Waals surface area (Å²) in [6.07, 6.45) is 0.686. The number of nitrogens with two attached hydrogens (primary N) is 1. The van der Waals surface area contributed by atoms with Gasteiger partial charge in [-0.1, -0.05) is 29.8 Å². The van der Waals surface area contributed by atoms with Crippen molar-refractivity contribution in [1.29, 1.82) is 0 Å². The van der Waals surface area contributed by atoms with Crippen LogP contribution >= 0.6 is 24.0 Å². The zero-order valence-electron chi connectivity index (χ0n) is 14.2. The van der Waals surface area contributed by atoms with E-state index in [0.717, 1.165) is 11.3 Å². The molecular weight excluding hydrogens is 363 g/mol. The second kappa shape index (κ2) is 10.0. The van der Waals surface area contributed by atoms with Crippen molar-refractivity contribution in [3.8, 4) is 11.5 Å². The predicted octanol–water partition coefficient (Wildman–Crippen LogP) is 3.86. The Morgan fingerprint density at radius 2 is 1.96 bits per heavy atom. The molecule has 0 aliphatic heterocycles. The van der Waals surface area contributed by atoms with Gasteiger partial charge in [0, 0.05) is 12.6 Å². The Kier molecular flexibility index (Phi) is 8.38. The first-order valence-corrected chi connectivity index (χ1v) is 8.00. The molecule has 5 nitrogen and oxygen atoms in total. The minimum absolute atomic E-state index is 0. The lowest BCUT2D eigenvalue weighted by molar-refractivity contribution is 0.0948. The fraction of sp³-hybridized carbons (Fsp3) is 0.278. The quantitative estimate of drug-likeness (QED) is 0.561. The molecule has 0 radical (unpaired) electrons. The first kappa shape index (κ1) is 20.9. The van der Waals surface area contributed by atoms with Gasteiger partial charge in [0.05, 0.1) is 30.0 Å². The molecule has 0 atom stereocenters. The lowest BCUT2D eigenvalue weighted by atomic mass is 10.1. The van der Waals surface area contributed by atoms with Crippen molar-refractivity contribution in [2.75, 3.05) is 26.0 Å². The van der Waals surface area contributed by atoms with Crippen molar-refractivity contribution in [1.82, 2.24) is 5.32 Å². The van der Waals surface area contributed by atoms with Gasteiger partial charge in [-0.2, -0.15) is 0 Å². The van der Waals surface area contributed by atoms with Crippen LogP contribution in [0.4, 0.5) is 5.69 Å². The summed E-state index contributed by atoms with van der Waals surface area (Å²) in [5.74, 6) is 0.992. The van der Waals surface area contributed by atoms with Crippen LogP contribution in [0.25, 0.3) is 0 Å². The monoisotopic (exact) mass is 384 g/mol. The van der Waals surface area contributed by atoms with E-state index in [9.17, 15) is 4.79 Å². The lowest BCUT2D eigenvalue weighted by Gasteiger charge is -2.12. The van der Waals surface area contributed by atoms with Gasteiger partial charge in [0.15, 0.2) is 0 Å². The zero-order chi connectivity index (χ0) is 17.5. The van der Waals surface area contributed by atoms with E-state index < -0.39 is 0 Å². The van der Waals surface area contributed by atoms with Crippen LogP contribution in [0.3, 0.4) is 0 Å². The Hall–Kier alpha value is -2.11. The molecule has 0 saturated heterocycles. The van der Waals surface area contributed by atoms with E-state index >= 15 is 0 Å². The van der Waals surface area contributed by atoms with Crippen LogP contribution in [0.15, 0.2) is 36.4 Å². The Balaban J connectivity index is 0.00000312. The zero-order valence-corrected chi connectivity index (χ0v) is 15.7. The maximum absolute atomic E-state index is 12.2. The van der Waals surface area contributed by atoms with Crippen molar-refractivity contribution >= 4 is 35.6 Å². The number of hydrogen-bond acceptors (Lipinski definition) is 4. The van der Waals surface area contributed by atoms with Gasteiger partial charge in [0.2, 0.25) is 0 Å². The van der Waals surface area contributed by atoms with E-state index in [1.165, 1.54) is 13.2 Å². The number of amides is 1. The molecule has 0 unspecified atom stereocenters. The van der Waals surface area contributed by atoms with Crippen LogP contribution in [0.2, 0.25) is 5.02 Å². The number of nitrogen functional groups attached to an aromatic ring is 1. The molecule has 0 saturated carbocycles. The van der Waals surface area contributed by atoms with Gasteiger partial charge < -0.3 is 20.5 Å². The highest BCUT2D eigenvalue weighted by molar-refractivity contribution is 6.33. The van der Waals surface area contributed by atoms with E-state index in [4.69, 9.17) is 26.8 Å². The summed E-state index contributed by atoms with van der Waals surface area (Å²) in [5, 5.41) is 3.15. The molecule has 0 bridgehead atoms. The van der Waals surface area contributed by atoms with Crippen molar-refractivity contribution in [3.63, 3.8) is 0 Å². The Morgan fingerprint density at radius 3 is 2.64 bits per heavy atom. The summed E-state index contributed by atoms with van der Waals surface area (Å²) in [6, 6.07) is 10.9. The molecule has 0 heterocycles. The average Bonchev–Trinajstić information content (AvgIpc) is 2.58. The van der Waals surface area contributed by atoms with Crippen molar-refractivity contribution in [2.24, 2.45) is 0 Å². The first-order chi connectivity index (χ1) is 11.5. The third-order valence-electron chi connectivity index (χ3n) is 3.52. The topological polar surface area (TPSA) is 73.6 Å². The van der Waals surface area contributed by atoms with Crippen LogP contribution in [-0.2, 0) is 0 Å². The highest BCUT2D eigenvalue weighted by atomic mass is 35.5. The number of nitrogens with one attached hydrogen (secondary N) is 1. The van der Waals surface area contributed by atoms with Crippen LogP contribution < -0.4 is 20.5 Å². The molecule has 1 amide bonds. The third-order valence-corrected chi connectivity index (χ3v) is 3.85. The van der Waals surface area contributed by atoms with Crippen LogP contribution in [-0.4, -0.2) is 26.2 Å². The third kappa shape index (κ3) is 5.73. The van der Waals surface area contributed by atoms with Crippen LogP contribution in [0, 0.1) is 6.92 Å². The lowest BCUT2D eigenvalue weighted by Crippen LogP contribution is -2.26. The second-order valence-corrected chi connectivity index (χ2v) is 5.70. The first-order valence-electron chi connectivity index (χ1n) is 7.62. The summed E-state index contributed by atoms with van der Waals surface area (Å²) in [7, 11) is 1.48.